The number of carbonyl (C=O) groups excluding carboxylic acids is 2. The highest BCUT2D eigenvalue weighted by Gasteiger charge is 2.55. The number of nitrogens with zero attached hydrogens (tertiary/aromatic N) is 2. The van der Waals surface area contributed by atoms with Crippen molar-refractivity contribution >= 4 is 12.1 Å². The van der Waals surface area contributed by atoms with E-state index in [1.165, 1.54) is 12.0 Å². The molecular weight excluding hydrogens is 284 g/mol. The number of amides is 1. The number of nitriles is 1. The molecule has 0 aliphatic carbocycles. The number of esters is 1. The van der Waals surface area contributed by atoms with Crippen molar-refractivity contribution in [2.45, 2.75) is 71.6 Å². The minimum atomic E-state index is -0.777. The summed E-state index contributed by atoms with van der Waals surface area (Å²) < 4.78 is 10.2. The maximum absolute atomic E-state index is 12.5. The Morgan fingerprint density at radius 3 is 2.41 bits per heavy atom. The number of hydrogen-bond donors (Lipinski definition) is 0. The molecule has 0 bridgehead atoms. The monoisotopic (exact) mass is 310 g/mol. The number of carbonyl (C=O) groups is 2. The number of likely N-dealkylation sites (tertiary alicyclic amines) is 1. The van der Waals surface area contributed by atoms with Crippen molar-refractivity contribution in [3.05, 3.63) is 0 Å². The molecule has 6 nitrogen and oxygen atoms in total. The second-order valence-electron chi connectivity index (χ2n) is 7.07. The van der Waals surface area contributed by atoms with Gasteiger partial charge in [0.1, 0.15) is 17.7 Å². The average Bonchev–Trinajstić information content (AvgIpc) is 2.69. The van der Waals surface area contributed by atoms with Gasteiger partial charge in [-0.25, -0.2) is 9.59 Å². The minimum absolute atomic E-state index is 0.408. The summed E-state index contributed by atoms with van der Waals surface area (Å²) in [4.78, 5) is 25.8. The Bertz CT molecular complexity index is 478. The van der Waals surface area contributed by atoms with Gasteiger partial charge in [-0.2, -0.15) is 5.26 Å². The maximum Gasteiger partial charge on any atom is 0.412 e. The third kappa shape index (κ3) is 3.70. The van der Waals surface area contributed by atoms with Gasteiger partial charge in [0.15, 0.2) is 0 Å². The second kappa shape index (κ2) is 6.55. The lowest BCUT2D eigenvalue weighted by Crippen LogP contribution is -2.48. The molecule has 0 aromatic carbocycles. The minimum Gasteiger partial charge on any atom is -0.467 e. The number of hydrogen-bond acceptors (Lipinski definition) is 5. The first kappa shape index (κ1) is 18.3. The van der Waals surface area contributed by atoms with Crippen LogP contribution in [0.4, 0.5) is 4.79 Å². The Morgan fingerprint density at radius 2 is 2.00 bits per heavy atom. The fourth-order valence-electron chi connectivity index (χ4n) is 3.08. The van der Waals surface area contributed by atoms with Gasteiger partial charge >= 0.3 is 12.1 Å². The van der Waals surface area contributed by atoms with Crippen LogP contribution in [-0.4, -0.2) is 41.8 Å². The predicted octanol–water partition coefficient (Wildman–Crippen LogP) is 2.87. The van der Waals surface area contributed by atoms with Crippen molar-refractivity contribution in [2.24, 2.45) is 5.41 Å². The Labute approximate surface area is 132 Å². The Balaban J connectivity index is 3.19. The SMILES string of the molecule is CCC[C@]1(C)C[C@@H](C(=O)OC)N(C(=O)OC(C)(C)C)C1C#N. The summed E-state index contributed by atoms with van der Waals surface area (Å²) in [6.45, 7) is 9.20. The smallest absolute Gasteiger partial charge is 0.412 e. The van der Waals surface area contributed by atoms with Gasteiger partial charge in [-0.15, -0.1) is 0 Å². The average molecular weight is 310 g/mol. The molecule has 1 aliphatic heterocycles. The molecule has 0 saturated carbocycles. The molecule has 0 aromatic heterocycles. The predicted molar refractivity (Wildman–Crippen MR) is 80.9 cm³/mol. The summed E-state index contributed by atoms with van der Waals surface area (Å²) >= 11 is 0. The summed E-state index contributed by atoms with van der Waals surface area (Å²) in [6, 6.07) is 0.703. The van der Waals surface area contributed by atoms with Gasteiger partial charge in [0.2, 0.25) is 0 Å². The molecule has 0 aromatic rings. The van der Waals surface area contributed by atoms with Crippen LogP contribution in [0.5, 0.6) is 0 Å². The normalized spacial score (nSPS) is 28.1. The molecule has 0 spiro atoms. The van der Waals surface area contributed by atoms with Gasteiger partial charge in [-0.05, 0) is 33.6 Å². The van der Waals surface area contributed by atoms with Gasteiger partial charge in [-0.1, -0.05) is 20.3 Å². The summed E-state index contributed by atoms with van der Waals surface area (Å²) in [5, 5.41) is 9.57. The summed E-state index contributed by atoms with van der Waals surface area (Å²) in [7, 11) is 1.28. The Hall–Kier alpha value is -1.77. The van der Waals surface area contributed by atoms with Crippen molar-refractivity contribution in [3.8, 4) is 6.07 Å². The molecule has 0 radical (unpaired) electrons. The van der Waals surface area contributed by atoms with Crippen LogP contribution < -0.4 is 0 Å². The number of ether oxygens (including phenoxy) is 2. The van der Waals surface area contributed by atoms with Gasteiger partial charge in [-0.3, -0.25) is 4.90 Å². The van der Waals surface area contributed by atoms with Crippen molar-refractivity contribution in [2.75, 3.05) is 7.11 Å². The molecule has 22 heavy (non-hydrogen) atoms. The van der Waals surface area contributed by atoms with E-state index in [2.05, 4.69) is 6.07 Å². The van der Waals surface area contributed by atoms with E-state index in [1.807, 2.05) is 13.8 Å². The van der Waals surface area contributed by atoms with E-state index < -0.39 is 35.2 Å². The van der Waals surface area contributed by atoms with Gasteiger partial charge in [0.05, 0.1) is 13.2 Å². The van der Waals surface area contributed by atoms with Crippen LogP contribution in [0.15, 0.2) is 0 Å². The molecule has 1 amide bonds. The van der Waals surface area contributed by atoms with Crippen LogP contribution in [0.1, 0.15) is 53.9 Å². The molecule has 6 heteroatoms. The molecule has 1 saturated heterocycles. The van der Waals surface area contributed by atoms with Crippen LogP contribution in [-0.2, 0) is 14.3 Å². The second-order valence-corrected chi connectivity index (χ2v) is 7.07. The van der Waals surface area contributed by atoms with E-state index in [0.717, 1.165) is 12.8 Å². The van der Waals surface area contributed by atoms with Crippen molar-refractivity contribution < 1.29 is 19.1 Å². The number of methoxy groups -OCH3 is 1. The molecular formula is C16H26N2O4. The van der Waals surface area contributed by atoms with Crippen molar-refractivity contribution in [1.82, 2.24) is 4.90 Å². The van der Waals surface area contributed by atoms with Crippen LogP contribution in [0.25, 0.3) is 0 Å². The topological polar surface area (TPSA) is 79.6 Å². The largest absolute Gasteiger partial charge is 0.467 e. The first-order chi connectivity index (χ1) is 10.1. The molecule has 1 aliphatic rings. The molecule has 3 atom stereocenters. The third-order valence-electron chi connectivity index (χ3n) is 3.95. The standard InChI is InChI=1S/C16H26N2O4/c1-7-8-16(5)9-11(13(19)21-6)18(12(16)10-17)14(20)22-15(2,3)4/h11-12H,7-9H2,1-6H3/t11-,12?,16+/m0/s1. The quantitative estimate of drug-likeness (QED) is 0.749. The summed E-state index contributed by atoms with van der Waals surface area (Å²) in [5.41, 5.74) is -1.14. The fraction of sp³-hybridized carbons (Fsp3) is 0.812. The Kier molecular flexibility index (Phi) is 5.44. The van der Waals surface area contributed by atoms with E-state index in [1.54, 1.807) is 20.8 Å². The van der Waals surface area contributed by atoms with Crippen molar-refractivity contribution in [3.63, 3.8) is 0 Å². The Morgan fingerprint density at radius 1 is 1.41 bits per heavy atom. The summed E-state index contributed by atoms with van der Waals surface area (Å²) in [6.07, 6.45) is 1.38. The maximum atomic E-state index is 12.5. The highest BCUT2D eigenvalue weighted by Crippen LogP contribution is 2.44. The zero-order valence-corrected chi connectivity index (χ0v) is 14.3. The van der Waals surface area contributed by atoms with E-state index in [0.29, 0.717) is 6.42 Å². The molecule has 1 unspecified atom stereocenters. The molecule has 1 rings (SSSR count). The zero-order valence-electron chi connectivity index (χ0n) is 14.3. The van der Waals surface area contributed by atoms with Crippen LogP contribution in [0.2, 0.25) is 0 Å². The van der Waals surface area contributed by atoms with E-state index in [9.17, 15) is 14.9 Å². The first-order valence-corrected chi connectivity index (χ1v) is 7.58. The number of rotatable bonds is 3. The van der Waals surface area contributed by atoms with Crippen LogP contribution in [0, 0.1) is 16.7 Å². The lowest BCUT2D eigenvalue weighted by atomic mass is 9.78. The van der Waals surface area contributed by atoms with Gasteiger partial charge in [0, 0.05) is 5.41 Å². The fourth-order valence-corrected chi connectivity index (χ4v) is 3.08. The van der Waals surface area contributed by atoms with Crippen molar-refractivity contribution in [1.29, 1.82) is 5.26 Å². The van der Waals surface area contributed by atoms with E-state index in [-0.39, 0.29) is 0 Å². The lowest BCUT2D eigenvalue weighted by molar-refractivity contribution is -0.146. The highest BCUT2D eigenvalue weighted by atomic mass is 16.6. The molecule has 124 valence electrons. The van der Waals surface area contributed by atoms with E-state index in [4.69, 9.17) is 9.47 Å². The highest BCUT2D eigenvalue weighted by molar-refractivity contribution is 5.83. The van der Waals surface area contributed by atoms with E-state index >= 15 is 0 Å². The lowest BCUT2D eigenvalue weighted by Gasteiger charge is -2.32. The summed E-state index contributed by atoms with van der Waals surface area (Å²) in [5.74, 6) is -0.508. The first-order valence-electron chi connectivity index (χ1n) is 7.58. The zero-order chi connectivity index (χ0) is 17.1. The third-order valence-corrected chi connectivity index (χ3v) is 3.95. The molecule has 0 N–H and O–H groups in total. The van der Waals surface area contributed by atoms with Gasteiger partial charge in [0.25, 0.3) is 0 Å². The van der Waals surface area contributed by atoms with Gasteiger partial charge < -0.3 is 9.47 Å². The molecule has 1 heterocycles. The van der Waals surface area contributed by atoms with Crippen LogP contribution >= 0.6 is 0 Å². The van der Waals surface area contributed by atoms with Crippen LogP contribution in [0.3, 0.4) is 0 Å². The molecule has 1 fully saturated rings.